The Bertz CT molecular complexity index is 1250. The number of anilines is 2. The van der Waals surface area contributed by atoms with Crippen LogP contribution in [0.5, 0.6) is 17.2 Å². The van der Waals surface area contributed by atoms with Crippen LogP contribution in [-0.2, 0) is 24.8 Å². The molecule has 3 rings (SSSR count). The SMILES string of the molecule is COc1cc(NS(=O)(=O)c2cc(N3C(=O)CCS3(=O)=O)ccc2OC)c(OC)cc1Cl. The van der Waals surface area contributed by atoms with E-state index in [1.54, 1.807) is 0 Å². The largest absolute Gasteiger partial charge is 0.495 e. The maximum absolute atomic E-state index is 13.2. The van der Waals surface area contributed by atoms with Crippen LogP contribution in [0.2, 0.25) is 5.02 Å². The Hall–Kier alpha value is -2.70. The van der Waals surface area contributed by atoms with Gasteiger partial charge in [0.2, 0.25) is 15.9 Å². The molecule has 13 heteroatoms. The summed E-state index contributed by atoms with van der Waals surface area (Å²) in [5.74, 6) is -0.720. The predicted octanol–water partition coefficient (Wildman–Crippen LogP) is 2.23. The molecule has 0 radical (unpaired) electrons. The summed E-state index contributed by atoms with van der Waals surface area (Å²) < 4.78 is 69.2. The minimum atomic E-state index is -4.32. The molecule has 0 spiro atoms. The molecule has 1 aliphatic heterocycles. The summed E-state index contributed by atoms with van der Waals surface area (Å²) in [5, 5.41) is 0.208. The zero-order valence-corrected chi connectivity index (χ0v) is 19.1. The zero-order chi connectivity index (χ0) is 23.0. The monoisotopic (exact) mass is 490 g/mol. The van der Waals surface area contributed by atoms with Crippen molar-refractivity contribution < 1.29 is 35.8 Å². The highest BCUT2D eigenvalue weighted by Gasteiger charge is 2.37. The van der Waals surface area contributed by atoms with Crippen LogP contribution in [0.1, 0.15) is 6.42 Å². The maximum atomic E-state index is 13.2. The van der Waals surface area contributed by atoms with Gasteiger partial charge < -0.3 is 14.2 Å². The van der Waals surface area contributed by atoms with Gasteiger partial charge in [0, 0.05) is 18.6 Å². The highest BCUT2D eigenvalue weighted by Crippen LogP contribution is 2.38. The fourth-order valence-electron chi connectivity index (χ4n) is 3.01. The van der Waals surface area contributed by atoms with Gasteiger partial charge in [-0.3, -0.25) is 9.52 Å². The first-order chi connectivity index (χ1) is 14.5. The quantitative estimate of drug-likeness (QED) is 0.625. The third-order valence-electron chi connectivity index (χ3n) is 4.47. The van der Waals surface area contributed by atoms with Crippen LogP contribution in [0.15, 0.2) is 35.2 Å². The Morgan fingerprint density at radius 2 is 1.65 bits per heavy atom. The lowest BCUT2D eigenvalue weighted by Gasteiger charge is -2.19. The molecule has 31 heavy (non-hydrogen) atoms. The van der Waals surface area contributed by atoms with Gasteiger partial charge in [0.1, 0.15) is 22.1 Å². The van der Waals surface area contributed by atoms with Gasteiger partial charge in [-0.25, -0.2) is 21.1 Å². The average molecular weight is 491 g/mol. The van der Waals surface area contributed by atoms with Gasteiger partial charge in [-0.15, -0.1) is 0 Å². The van der Waals surface area contributed by atoms with E-state index in [-0.39, 0.29) is 50.7 Å². The van der Waals surface area contributed by atoms with E-state index in [9.17, 15) is 21.6 Å². The molecule has 0 aromatic heterocycles. The van der Waals surface area contributed by atoms with E-state index in [1.807, 2.05) is 0 Å². The van der Waals surface area contributed by atoms with E-state index in [1.165, 1.54) is 45.6 Å². The molecule has 0 atom stereocenters. The Morgan fingerprint density at radius 1 is 1.00 bits per heavy atom. The summed E-state index contributed by atoms with van der Waals surface area (Å²) in [7, 11) is -4.23. The zero-order valence-electron chi connectivity index (χ0n) is 16.7. The van der Waals surface area contributed by atoms with Crippen LogP contribution < -0.4 is 23.2 Å². The van der Waals surface area contributed by atoms with Gasteiger partial charge >= 0.3 is 0 Å². The van der Waals surface area contributed by atoms with Crippen molar-refractivity contribution in [3.63, 3.8) is 0 Å². The van der Waals surface area contributed by atoms with Gasteiger partial charge in [-0.1, -0.05) is 11.6 Å². The first-order valence-electron chi connectivity index (χ1n) is 8.72. The Labute approximate surface area is 184 Å². The van der Waals surface area contributed by atoms with E-state index in [2.05, 4.69) is 4.72 Å². The second kappa shape index (κ2) is 8.44. The minimum Gasteiger partial charge on any atom is -0.495 e. The topological polar surface area (TPSA) is 128 Å². The number of hydrogen-bond acceptors (Lipinski definition) is 8. The molecular weight excluding hydrogens is 472 g/mol. The highest BCUT2D eigenvalue weighted by molar-refractivity contribution is 7.94. The lowest BCUT2D eigenvalue weighted by molar-refractivity contribution is -0.116. The summed E-state index contributed by atoms with van der Waals surface area (Å²) in [6.45, 7) is 0. The number of sulfonamides is 2. The van der Waals surface area contributed by atoms with Crippen LogP contribution in [0, 0.1) is 0 Å². The van der Waals surface area contributed by atoms with Gasteiger partial charge in [0.15, 0.2) is 0 Å². The van der Waals surface area contributed by atoms with E-state index >= 15 is 0 Å². The number of methoxy groups -OCH3 is 3. The van der Waals surface area contributed by atoms with E-state index in [4.69, 9.17) is 25.8 Å². The molecule has 168 valence electrons. The van der Waals surface area contributed by atoms with Crippen molar-refractivity contribution in [2.45, 2.75) is 11.3 Å². The summed E-state index contributed by atoms with van der Waals surface area (Å²) >= 11 is 6.05. The van der Waals surface area contributed by atoms with Crippen LogP contribution in [0.3, 0.4) is 0 Å². The summed E-state index contributed by atoms with van der Waals surface area (Å²) in [6.07, 6.45) is -0.184. The van der Waals surface area contributed by atoms with Crippen LogP contribution >= 0.6 is 11.6 Å². The first-order valence-corrected chi connectivity index (χ1v) is 12.2. The lowest BCUT2D eigenvalue weighted by atomic mass is 10.3. The third kappa shape index (κ3) is 4.36. The van der Waals surface area contributed by atoms with Crippen molar-refractivity contribution >= 4 is 48.9 Å². The van der Waals surface area contributed by atoms with Crippen molar-refractivity contribution in [3.8, 4) is 17.2 Å². The number of ether oxygens (including phenoxy) is 3. The van der Waals surface area contributed by atoms with Crippen molar-refractivity contribution in [3.05, 3.63) is 35.4 Å². The van der Waals surface area contributed by atoms with Gasteiger partial charge in [0.25, 0.3) is 10.0 Å². The first kappa shape index (κ1) is 23.0. The molecule has 1 N–H and O–H groups in total. The van der Waals surface area contributed by atoms with Crippen molar-refractivity contribution in [1.82, 2.24) is 0 Å². The Kier molecular flexibility index (Phi) is 6.25. The van der Waals surface area contributed by atoms with Gasteiger partial charge in [0.05, 0.1) is 43.5 Å². The van der Waals surface area contributed by atoms with Crippen LogP contribution in [0.25, 0.3) is 0 Å². The molecule has 0 saturated carbocycles. The number of carbonyl (C=O) groups excluding carboxylic acids is 1. The van der Waals surface area contributed by atoms with Crippen LogP contribution in [-0.4, -0.2) is 49.8 Å². The van der Waals surface area contributed by atoms with Gasteiger partial charge in [-0.2, -0.15) is 0 Å². The number of benzene rings is 2. The number of carbonyl (C=O) groups is 1. The minimum absolute atomic E-state index is 0.0288. The van der Waals surface area contributed by atoms with Crippen molar-refractivity contribution in [2.75, 3.05) is 36.1 Å². The summed E-state index contributed by atoms with van der Waals surface area (Å²) in [5.41, 5.74) is -0.0783. The molecule has 1 aliphatic rings. The highest BCUT2D eigenvalue weighted by atomic mass is 35.5. The second-order valence-electron chi connectivity index (χ2n) is 6.35. The number of amides is 1. The number of nitrogens with one attached hydrogen (secondary N) is 1. The number of hydrogen-bond donors (Lipinski definition) is 1. The molecule has 0 unspecified atom stereocenters. The molecule has 2 aromatic rings. The molecule has 1 fully saturated rings. The van der Waals surface area contributed by atoms with Crippen LogP contribution in [0.4, 0.5) is 11.4 Å². The van der Waals surface area contributed by atoms with Crippen molar-refractivity contribution in [2.24, 2.45) is 0 Å². The molecule has 1 saturated heterocycles. The maximum Gasteiger partial charge on any atom is 0.265 e. The molecule has 0 bridgehead atoms. The van der Waals surface area contributed by atoms with Crippen molar-refractivity contribution in [1.29, 1.82) is 0 Å². The number of halogens is 1. The third-order valence-corrected chi connectivity index (χ3v) is 7.84. The second-order valence-corrected chi connectivity index (χ2v) is 10.3. The summed E-state index contributed by atoms with van der Waals surface area (Å²) in [4.78, 5) is 11.7. The lowest BCUT2D eigenvalue weighted by Crippen LogP contribution is -2.29. The number of nitrogens with zero attached hydrogens (tertiary/aromatic N) is 1. The normalized spacial score (nSPS) is 15.6. The molecular formula is C18H19ClN2O8S2. The van der Waals surface area contributed by atoms with E-state index in [0.29, 0.717) is 4.31 Å². The van der Waals surface area contributed by atoms with E-state index < -0.39 is 26.0 Å². The standard InChI is InChI=1S/C18H19ClN2O8S2/c1-27-14-5-4-11(21-18(22)6-7-30(21,23)24)8-17(14)31(25,26)20-13-10-15(28-2)12(19)9-16(13)29-3/h4-5,8-10,20H,6-7H2,1-3H3. The smallest absolute Gasteiger partial charge is 0.265 e. The average Bonchev–Trinajstić information content (AvgIpc) is 3.00. The molecule has 2 aromatic carbocycles. The Morgan fingerprint density at radius 3 is 2.19 bits per heavy atom. The molecule has 1 heterocycles. The molecule has 0 aliphatic carbocycles. The number of rotatable bonds is 7. The summed E-state index contributed by atoms with van der Waals surface area (Å²) in [6, 6.07) is 6.33. The van der Waals surface area contributed by atoms with Gasteiger partial charge in [-0.05, 0) is 18.2 Å². The van der Waals surface area contributed by atoms with E-state index in [0.717, 1.165) is 6.07 Å². The predicted molar refractivity (Wildman–Crippen MR) is 114 cm³/mol. The fraction of sp³-hybridized carbons (Fsp3) is 0.278. The molecule has 1 amide bonds. The fourth-order valence-corrected chi connectivity index (χ4v) is 5.94. The molecule has 10 nitrogen and oxygen atoms in total. The Balaban J connectivity index is 2.10.